The van der Waals surface area contributed by atoms with Crippen molar-refractivity contribution in [3.05, 3.63) is 77.8 Å². The normalized spacial score (nSPS) is 12.2. The van der Waals surface area contributed by atoms with Gasteiger partial charge in [0.2, 0.25) is 5.95 Å². The largest absolute Gasteiger partial charge is 0.390 e. The summed E-state index contributed by atoms with van der Waals surface area (Å²) in [7, 11) is 0. The van der Waals surface area contributed by atoms with Crippen molar-refractivity contribution in [2.75, 3.05) is 11.9 Å². The van der Waals surface area contributed by atoms with Gasteiger partial charge in [-0.1, -0.05) is 29.5 Å². The quantitative estimate of drug-likeness (QED) is 0.283. The van der Waals surface area contributed by atoms with Gasteiger partial charge < -0.3 is 16.2 Å². The summed E-state index contributed by atoms with van der Waals surface area (Å²) in [6, 6.07) is 11.9. The Bertz CT molecular complexity index is 1530. The third kappa shape index (κ3) is 4.68. The molecular formula is C25H23F2N7OS. The molecule has 0 aliphatic carbocycles. The van der Waals surface area contributed by atoms with Gasteiger partial charge in [0.15, 0.2) is 5.82 Å². The van der Waals surface area contributed by atoms with Crippen LogP contribution in [0.1, 0.15) is 24.2 Å². The van der Waals surface area contributed by atoms with Crippen molar-refractivity contribution in [2.45, 2.75) is 26.1 Å². The number of rotatable bonds is 8. The maximum Gasteiger partial charge on any atom is 0.223 e. The van der Waals surface area contributed by atoms with Gasteiger partial charge in [0.05, 0.1) is 36.1 Å². The van der Waals surface area contributed by atoms with E-state index in [1.807, 2.05) is 31.2 Å². The zero-order valence-electron chi connectivity index (χ0n) is 19.3. The van der Waals surface area contributed by atoms with E-state index in [9.17, 15) is 13.9 Å². The SMILES string of the molecule is CC(N)c1ccc(F)cc1-c1cccc2cc(-c3nc(NCCn4nncc4CO)ncc3F)sc12. The molecule has 8 nitrogen and oxygen atoms in total. The van der Waals surface area contributed by atoms with Crippen LogP contribution in [-0.4, -0.2) is 36.6 Å². The molecule has 0 saturated heterocycles. The fourth-order valence-corrected chi connectivity index (χ4v) is 5.22. The van der Waals surface area contributed by atoms with Crippen LogP contribution in [0.3, 0.4) is 0 Å². The maximum atomic E-state index is 14.8. The number of aliphatic hydroxyl groups excluding tert-OH is 1. The van der Waals surface area contributed by atoms with Gasteiger partial charge in [0.1, 0.15) is 11.5 Å². The van der Waals surface area contributed by atoms with E-state index >= 15 is 0 Å². The van der Waals surface area contributed by atoms with Crippen molar-refractivity contribution in [1.29, 1.82) is 0 Å². The van der Waals surface area contributed by atoms with E-state index in [1.54, 1.807) is 10.7 Å². The van der Waals surface area contributed by atoms with E-state index in [0.29, 0.717) is 29.2 Å². The smallest absolute Gasteiger partial charge is 0.223 e. The van der Waals surface area contributed by atoms with Crippen molar-refractivity contribution in [3.8, 4) is 21.7 Å². The Morgan fingerprint density at radius 2 is 2.00 bits per heavy atom. The van der Waals surface area contributed by atoms with E-state index in [0.717, 1.165) is 27.4 Å². The number of nitrogens with two attached hydrogens (primary N) is 1. The average molecular weight is 508 g/mol. The lowest BCUT2D eigenvalue weighted by Gasteiger charge is -2.14. The first kappa shape index (κ1) is 23.9. The third-order valence-corrected chi connectivity index (χ3v) is 6.98. The number of benzene rings is 2. The number of hydrogen-bond donors (Lipinski definition) is 3. The summed E-state index contributed by atoms with van der Waals surface area (Å²) in [6.07, 6.45) is 2.62. The Hall–Kier alpha value is -3.80. The Balaban J connectivity index is 1.47. The fourth-order valence-electron chi connectivity index (χ4n) is 4.04. The van der Waals surface area contributed by atoms with Crippen LogP contribution in [0.5, 0.6) is 0 Å². The number of fused-ring (bicyclic) bond motifs is 1. The van der Waals surface area contributed by atoms with Crippen molar-refractivity contribution in [3.63, 3.8) is 0 Å². The van der Waals surface area contributed by atoms with Gasteiger partial charge in [0.25, 0.3) is 0 Å². The van der Waals surface area contributed by atoms with Gasteiger partial charge >= 0.3 is 0 Å². The maximum absolute atomic E-state index is 14.8. The van der Waals surface area contributed by atoms with E-state index in [4.69, 9.17) is 5.73 Å². The first-order valence-electron chi connectivity index (χ1n) is 11.3. The molecule has 3 heterocycles. The monoisotopic (exact) mass is 507 g/mol. The van der Waals surface area contributed by atoms with Gasteiger partial charge in [-0.2, -0.15) is 0 Å². The molecule has 1 unspecified atom stereocenters. The van der Waals surface area contributed by atoms with Crippen LogP contribution in [0.25, 0.3) is 31.8 Å². The molecule has 4 N–H and O–H groups in total. The summed E-state index contributed by atoms with van der Waals surface area (Å²) >= 11 is 1.38. The number of aliphatic hydroxyl groups is 1. The molecular weight excluding hydrogens is 484 g/mol. The molecule has 0 fully saturated rings. The van der Waals surface area contributed by atoms with Gasteiger partial charge in [-0.25, -0.2) is 23.4 Å². The second kappa shape index (κ2) is 10.1. The Labute approximate surface area is 209 Å². The lowest BCUT2D eigenvalue weighted by atomic mass is 9.95. The van der Waals surface area contributed by atoms with Crippen LogP contribution >= 0.6 is 11.3 Å². The van der Waals surface area contributed by atoms with Crippen LogP contribution in [0.4, 0.5) is 14.7 Å². The molecule has 11 heteroatoms. The molecule has 36 heavy (non-hydrogen) atoms. The number of hydrogen-bond acceptors (Lipinski definition) is 8. The highest BCUT2D eigenvalue weighted by atomic mass is 32.1. The predicted molar refractivity (Wildman–Crippen MR) is 135 cm³/mol. The number of halogens is 2. The molecule has 184 valence electrons. The zero-order valence-corrected chi connectivity index (χ0v) is 20.1. The molecule has 3 aromatic heterocycles. The van der Waals surface area contributed by atoms with Gasteiger partial charge in [0, 0.05) is 17.3 Å². The minimum absolute atomic E-state index is 0.167. The van der Waals surface area contributed by atoms with Crippen LogP contribution in [0.2, 0.25) is 0 Å². The first-order chi connectivity index (χ1) is 17.4. The lowest BCUT2D eigenvalue weighted by Crippen LogP contribution is -2.15. The number of thiophene rings is 1. The van der Waals surface area contributed by atoms with E-state index < -0.39 is 5.82 Å². The van der Waals surface area contributed by atoms with Gasteiger partial charge in [-0.15, -0.1) is 16.4 Å². The van der Waals surface area contributed by atoms with E-state index in [-0.39, 0.29) is 30.1 Å². The Kier molecular flexibility index (Phi) is 6.68. The Morgan fingerprint density at radius 3 is 2.81 bits per heavy atom. The molecule has 0 aliphatic heterocycles. The van der Waals surface area contributed by atoms with Crippen molar-refractivity contribution < 1.29 is 13.9 Å². The van der Waals surface area contributed by atoms with E-state index in [2.05, 4.69) is 25.6 Å². The molecule has 1 atom stereocenters. The molecule has 0 amide bonds. The molecule has 2 aromatic carbocycles. The Morgan fingerprint density at radius 1 is 1.14 bits per heavy atom. The fraction of sp³-hybridized carbons (Fsp3) is 0.200. The van der Waals surface area contributed by atoms with Crippen LogP contribution < -0.4 is 11.1 Å². The standard InChI is InChI=1S/C25H23F2N7OS/c1-14(28)18-6-5-16(26)10-20(18)19-4-2-3-15-9-22(36-24(15)19)23-21(27)12-30-25(32-23)29-7-8-34-17(13-35)11-31-33-34/h2-6,9-12,14,35H,7-8,13,28H2,1H3,(H,29,30,32). The van der Waals surface area contributed by atoms with Gasteiger partial charge in [-0.3, -0.25) is 0 Å². The molecule has 0 bridgehead atoms. The average Bonchev–Trinajstić information content (AvgIpc) is 3.51. The summed E-state index contributed by atoms with van der Waals surface area (Å²) < 4.78 is 31.4. The summed E-state index contributed by atoms with van der Waals surface area (Å²) in [5.74, 6) is -0.633. The molecule has 0 spiro atoms. The molecule has 0 aliphatic rings. The minimum atomic E-state index is -0.547. The van der Waals surface area contributed by atoms with Crippen molar-refractivity contribution in [2.24, 2.45) is 5.73 Å². The number of nitrogens with one attached hydrogen (secondary N) is 1. The summed E-state index contributed by atoms with van der Waals surface area (Å²) in [5.41, 5.74) is 9.28. The topological polar surface area (TPSA) is 115 Å². The van der Waals surface area contributed by atoms with Crippen molar-refractivity contribution >= 4 is 27.4 Å². The summed E-state index contributed by atoms with van der Waals surface area (Å²) in [5, 5.41) is 20.9. The second-order valence-electron chi connectivity index (χ2n) is 8.28. The predicted octanol–water partition coefficient (Wildman–Crippen LogP) is 4.52. The second-order valence-corrected chi connectivity index (χ2v) is 9.33. The highest BCUT2D eigenvalue weighted by Gasteiger charge is 2.18. The van der Waals surface area contributed by atoms with Crippen LogP contribution in [-0.2, 0) is 13.2 Å². The van der Waals surface area contributed by atoms with Crippen LogP contribution in [0.15, 0.2) is 54.9 Å². The lowest BCUT2D eigenvalue weighted by molar-refractivity contribution is 0.268. The van der Waals surface area contributed by atoms with Crippen LogP contribution in [0, 0.1) is 11.6 Å². The number of nitrogens with zero attached hydrogens (tertiary/aromatic N) is 5. The minimum Gasteiger partial charge on any atom is -0.390 e. The number of anilines is 1. The highest BCUT2D eigenvalue weighted by molar-refractivity contribution is 7.22. The van der Waals surface area contributed by atoms with Gasteiger partial charge in [-0.05, 0) is 47.2 Å². The third-order valence-electron chi connectivity index (χ3n) is 5.78. The highest BCUT2D eigenvalue weighted by Crippen LogP contribution is 2.41. The molecule has 0 saturated carbocycles. The van der Waals surface area contributed by atoms with E-state index in [1.165, 1.54) is 29.7 Å². The summed E-state index contributed by atoms with van der Waals surface area (Å²) in [6.45, 7) is 2.51. The zero-order chi connectivity index (χ0) is 25.2. The first-order valence-corrected chi connectivity index (χ1v) is 12.1. The molecule has 5 rings (SSSR count). The summed E-state index contributed by atoms with van der Waals surface area (Å²) in [4.78, 5) is 9.07. The molecule has 5 aromatic rings. The number of aromatic nitrogens is 5. The van der Waals surface area contributed by atoms with Crippen molar-refractivity contribution in [1.82, 2.24) is 25.0 Å². The molecule has 0 radical (unpaired) electrons.